The number of nitrogens with one attached hydrogen (secondary N) is 1. The lowest BCUT2D eigenvalue weighted by Gasteiger charge is -2.17. The fourth-order valence-corrected chi connectivity index (χ4v) is 1.34. The molecule has 60 valence electrons. The summed E-state index contributed by atoms with van der Waals surface area (Å²) in [7, 11) is 0. The lowest BCUT2D eigenvalue weighted by Crippen LogP contribution is -2.27. The first kappa shape index (κ1) is 7.98. The average Bonchev–Trinajstić information content (AvgIpc) is 1.85. The van der Waals surface area contributed by atoms with Crippen LogP contribution >= 0.6 is 0 Å². The van der Waals surface area contributed by atoms with Crippen molar-refractivity contribution in [2.75, 3.05) is 0 Å². The van der Waals surface area contributed by atoms with Crippen LogP contribution in [0.25, 0.3) is 0 Å². The molecule has 0 heterocycles. The summed E-state index contributed by atoms with van der Waals surface area (Å²) < 4.78 is 0. The highest BCUT2D eigenvalue weighted by Crippen LogP contribution is 2.20. The molecule has 0 bridgehead atoms. The van der Waals surface area contributed by atoms with Crippen molar-refractivity contribution in [2.24, 2.45) is 11.7 Å². The molecule has 1 amide bonds. The molecule has 0 aromatic carbocycles. The SMILES string of the molecule is CC1=CC(=N)CC(C(N)=O)C1. The normalized spacial score (nSPS) is 24.6. The van der Waals surface area contributed by atoms with Crippen LogP contribution in [0.3, 0.4) is 0 Å². The van der Waals surface area contributed by atoms with Crippen molar-refractivity contribution in [1.82, 2.24) is 0 Å². The van der Waals surface area contributed by atoms with Crippen LogP contribution in [0.1, 0.15) is 19.8 Å². The molecule has 0 aliphatic heterocycles. The fraction of sp³-hybridized carbons (Fsp3) is 0.500. The van der Waals surface area contributed by atoms with E-state index in [1.54, 1.807) is 6.08 Å². The van der Waals surface area contributed by atoms with Crippen molar-refractivity contribution < 1.29 is 4.79 Å². The highest BCUT2D eigenvalue weighted by atomic mass is 16.1. The topological polar surface area (TPSA) is 66.9 Å². The van der Waals surface area contributed by atoms with Crippen LogP contribution in [0.15, 0.2) is 11.6 Å². The highest BCUT2D eigenvalue weighted by molar-refractivity contribution is 5.97. The predicted molar refractivity (Wildman–Crippen MR) is 43.4 cm³/mol. The molecule has 0 saturated heterocycles. The molecular weight excluding hydrogens is 140 g/mol. The first-order chi connectivity index (χ1) is 5.09. The summed E-state index contributed by atoms with van der Waals surface area (Å²) in [5.41, 5.74) is 6.71. The van der Waals surface area contributed by atoms with E-state index in [1.165, 1.54) is 0 Å². The molecular formula is C8H12N2O. The van der Waals surface area contributed by atoms with E-state index in [2.05, 4.69) is 0 Å². The predicted octanol–water partition coefficient (Wildman–Crippen LogP) is 0.848. The largest absolute Gasteiger partial charge is 0.369 e. The van der Waals surface area contributed by atoms with Crippen molar-refractivity contribution in [3.63, 3.8) is 0 Å². The van der Waals surface area contributed by atoms with Crippen molar-refractivity contribution >= 4 is 11.6 Å². The summed E-state index contributed by atoms with van der Waals surface area (Å²) in [5.74, 6) is -0.435. The number of hydrogen-bond donors (Lipinski definition) is 2. The lowest BCUT2D eigenvalue weighted by molar-refractivity contribution is -0.121. The monoisotopic (exact) mass is 152 g/mol. The van der Waals surface area contributed by atoms with Gasteiger partial charge in [0.15, 0.2) is 0 Å². The van der Waals surface area contributed by atoms with Gasteiger partial charge in [-0.15, -0.1) is 0 Å². The summed E-state index contributed by atoms with van der Waals surface area (Å²) in [6.45, 7) is 1.92. The number of primary amides is 1. The number of hydrogen-bond acceptors (Lipinski definition) is 2. The third-order valence-electron chi connectivity index (χ3n) is 1.86. The van der Waals surface area contributed by atoms with Crippen molar-refractivity contribution in [3.8, 4) is 0 Å². The Morgan fingerprint density at radius 1 is 1.73 bits per heavy atom. The van der Waals surface area contributed by atoms with E-state index in [-0.39, 0.29) is 11.8 Å². The molecule has 1 aliphatic carbocycles. The Morgan fingerprint density at radius 3 is 2.82 bits per heavy atom. The average molecular weight is 152 g/mol. The Hall–Kier alpha value is -1.12. The van der Waals surface area contributed by atoms with Crippen molar-refractivity contribution in [2.45, 2.75) is 19.8 Å². The second-order valence-electron chi connectivity index (χ2n) is 3.02. The van der Waals surface area contributed by atoms with Gasteiger partial charge in [-0.3, -0.25) is 4.79 Å². The molecule has 1 rings (SSSR count). The number of nitrogens with two attached hydrogens (primary N) is 1. The summed E-state index contributed by atoms with van der Waals surface area (Å²) >= 11 is 0. The Bertz CT molecular complexity index is 230. The minimum atomic E-state index is -0.290. The van der Waals surface area contributed by atoms with Crippen LogP contribution in [0.5, 0.6) is 0 Å². The zero-order chi connectivity index (χ0) is 8.43. The number of carbonyl (C=O) groups excluding carboxylic acids is 1. The van der Waals surface area contributed by atoms with Gasteiger partial charge in [0.05, 0.1) is 0 Å². The van der Waals surface area contributed by atoms with Crippen LogP contribution in [0, 0.1) is 11.3 Å². The zero-order valence-corrected chi connectivity index (χ0v) is 6.55. The Kier molecular flexibility index (Phi) is 2.08. The molecule has 0 spiro atoms. The van der Waals surface area contributed by atoms with Gasteiger partial charge in [0, 0.05) is 18.1 Å². The van der Waals surface area contributed by atoms with Gasteiger partial charge in [-0.25, -0.2) is 0 Å². The smallest absolute Gasteiger partial charge is 0.221 e. The van der Waals surface area contributed by atoms with E-state index >= 15 is 0 Å². The summed E-state index contributed by atoms with van der Waals surface area (Å²) in [5, 5.41) is 7.36. The molecule has 3 heteroatoms. The van der Waals surface area contributed by atoms with E-state index in [4.69, 9.17) is 11.1 Å². The maximum Gasteiger partial charge on any atom is 0.221 e. The van der Waals surface area contributed by atoms with Crippen molar-refractivity contribution in [3.05, 3.63) is 11.6 Å². The van der Waals surface area contributed by atoms with Gasteiger partial charge in [0.1, 0.15) is 0 Å². The van der Waals surface area contributed by atoms with Crippen molar-refractivity contribution in [1.29, 1.82) is 5.41 Å². The second-order valence-corrected chi connectivity index (χ2v) is 3.02. The van der Waals surface area contributed by atoms with Crippen LogP contribution in [-0.4, -0.2) is 11.6 Å². The first-order valence-corrected chi connectivity index (χ1v) is 3.63. The summed E-state index contributed by atoms with van der Waals surface area (Å²) in [6, 6.07) is 0. The van der Waals surface area contributed by atoms with Crippen LogP contribution in [0.4, 0.5) is 0 Å². The zero-order valence-electron chi connectivity index (χ0n) is 6.55. The Labute approximate surface area is 65.8 Å². The number of allylic oxidation sites excluding steroid dienone is 2. The number of carbonyl (C=O) groups is 1. The van der Waals surface area contributed by atoms with E-state index in [1.807, 2.05) is 6.92 Å². The van der Waals surface area contributed by atoms with Gasteiger partial charge >= 0.3 is 0 Å². The summed E-state index contributed by atoms with van der Waals surface area (Å²) in [6.07, 6.45) is 3.03. The van der Waals surface area contributed by atoms with E-state index in [0.29, 0.717) is 12.1 Å². The fourth-order valence-electron chi connectivity index (χ4n) is 1.34. The van der Waals surface area contributed by atoms with E-state index in [0.717, 1.165) is 12.0 Å². The summed E-state index contributed by atoms with van der Waals surface area (Å²) in [4.78, 5) is 10.7. The minimum absolute atomic E-state index is 0.146. The van der Waals surface area contributed by atoms with Gasteiger partial charge in [-0.1, -0.05) is 5.57 Å². The maximum atomic E-state index is 10.7. The Morgan fingerprint density at radius 2 is 2.36 bits per heavy atom. The molecule has 3 nitrogen and oxygen atoms in total. The lowest BCUT2D eigenvalue weighted by atomic mass is 9.88. The molecule has 0 saturated carbocycles. The van der Waals surface area contributed by atoms with Gasteiger partial charge in [0.25, 0.3) is 0 Å². The third-order valence-corrected chi connectivity index (χ3v) is 1.86. The maximum absolute atomic E-state index is 10.7. The minimum Gasteiger partial charge on any atom is -0.369 e. The number of amides is 1. The molecule has 1 unspecified atom stereocenters. The standard InChI is InChI=1S/C8H12N2O/c1-5-2-6(8(10)11)4-7(9)3-5/h3,6,9H,2,4H2,1H3,(H2,10,11). The molecule has 0 aromatic heterocycles. The Balaban J connectivity index is 2.72. The third kappa shape index (κ3) is 1.90. The van der Waals surface area contributed by atoms with Crippen LogP contribution < -0.4 is 5.73 Å². The molecule has 0 radical (unpaired) electrons. The van der Waals surface area contributed by atoms with Gasteiger partial charge < -0.3 is 11.1 Å². The van der Waals surface area contributed by atoms with Gasteiger partial charge in [-0.2, -0.15) is 0 Å². The van der Waals surface area contributed by atoms with Gasteiger partial charge in [-0.05, 0) is 19.4 Å². The molecule has 3 N–H and O–H groups in total. The molecule has 0 fully saturated rings. The molecule has 1 aliphatic rings. The van der Waals surface area contributed by atoms with E-state index in [9.17, 15) is 4.79 Å². The van der Waals surface area contributed by atoms with Crippen LogP contribution in [0.2, 0.25) is 0 Å². The number of rotatable bonds is 1. The van der Waals surface area contributed by atoms with E-state index < -0.39 is 0 Å². The highest BCUT2D eigenvalue weighted by Gasteiger charge is 2.20. The first-order valence-electron chi connectivity index (χ1n) is 3.63. The molecule has 11 heavy (non-hydrogen) atoms. The second kappa shape index (κ2) is 2.86. The van der Waals surface area contributed by atoms with Gasteiger partial charge in [0.2, 0.25) is 5.91 Å². The van der Waals surface area contributed by atoms with Crippen LogP contribution in [-0.2, 0) is 4.79 Å². The molecule has 0 aromatic rings. The molecule has 1 atom stereocenters. The quantitative estimate of drug-likeness (QED) is 0.574.